The van der Waals surface area contributed by atoms with Crippen LogP contribution in [0.15, 0.2) is 35.9 Å². The molecule has 6 atom stereocenters. The number of rotatable bonds is 7. The van der Waals surface area contributed by atoms with Crippen molar-refractivity contribution >= 4 is 11.9 Å². The Balaban J connectivity index is 1.55. The van der Waals surface area contributed by atoms with Crippen LogP contribution in [0.1, 0.15) is 60.7 Å². The van der Waals surface area contributed by atoms with Gasteiger partial charge in [0.05, 0.1) is 29.8 Å². The standard InChI is InChI=1S/C24H30O7/c1-14(2)9-10-18-23(3,31-18)20-19(28-4)17(11-12-24(20)13-29-24)30-22(27)16-8-6-5-7-15(16)21(25)26/h5-9,17-20H,10-13H2,1-4H3,(H,25,26)/t17-,18-,19-,20-,23+,24+/m1/s1. The van der Waals surface area contributed by atoms with Crippen molar-refractivity contribution in [2.75, 3.05) is 13.7 Å². The van der Waals surface area contributed by atoms with Gasteiger partial charge in [0.2, 0.25) is 0 Å². The summed E-state index contributed by atoms with van der Waals surface area (Å²) in [5.41, 5.74) is 0.477. The van der Waals surface area contributed by atoms with Crippen LogP contribution in [0.4, 0.5) is 0 Å². The van der Waals surface area contributed by atoms with Gasteiger partial charge in [0.1, 0.15) is 23.4 Å². The predicted molar refractivity (Wildman–Crippen MR) is 112 cm³/mol. The Morgan fingerprint density at radius 3 is 2.52 bits per heavy atom. The van der Waals surface area contributed by atoms with E-state index in [0.717, 1.165) is 12.8 Å². The van der Waals surface area contributed by atoms with Gasteiger partial charge in [-0.2, -0.15) is 0 Å². The van der Waals surface area contributed by atoms with E-state index in [-0.39, 0.29) is 28.7 Å². The van der Waals surface area contributed by atoms with Crippen LogP contribution in [0.3, 0.4) is 0 Å². The fraction of sp³-hybridized carbons (Fsp3) is 0.583. The number of allylic oxidation sites excluding steroid dienone is 1. The average molecular weight is 430 g/mol. The molecule has 7 heteroatoms. The van der Waals surface area contributed by atoms with Crippen LogP contribution in [0.2, 0.25) is 0 Å². The Kier molecular flexibility index (Phi) is 5.70. The number of ether oxygens (including phenoxy) is 4. The molecule has 2 heterocycles. The third-order valence-corrected chi connectivity index (χ3v) is 6.87. The van der Waals surface area contributed by atoms with E-state index >= 15 is 0 Å². The van der Waals surface area contributed by atoms with Crippen molar-refractivity contribution in [2.45, 2.75) is 69.5 Å². The lowest BCUT2D eigenvalue weighted by atomic mass is 9.68. The smallest absolute Gasteiger partial charge is 0.339 e. The molecule has 7 nitrogen and oxygen atoms in total. The van der Waals surface area contributed by atoms with Crippen molar-refractivity contribution in [1.82, 2.24) is 0 Å². The molecule has 3 aliphatic rings. The molecule has 1 N–H and O–H groups in total. The average Bonchev–Trinajstić information content (AvgIpc) is 3.65. The maximum absolute atomic E-state index is 12.9. The van der Waals surface area contributed by atoms with Gasteiger partial charge >= 0.3 is 11.9 Å². The van der Waals surface area contributed by atoms with Crippen molar-refractivity contribution < 1.29 is 33.6 Å². The zero-order valence-corrected chi connectivity index (χ0v) is 18.4. The molecule has 1 saturated carbocycles. The summed E-state index contributed by atoms with van der Waals surface area (Å²) in [5, 5.41) is 9.40. The lowest BCUT2D eigenvalue weighted by Crippen LogP contribution is -2.55. The molecule has 2 aliphatic heterocycles. The molecule has 2 saturated heterocycles. The molecule has 1 aromatic rings. The van der Waals surface area contributed by atoms with E-state index in [2.05, 4.69) is 26.8 Å². The Labute approximate surface area is 182 Å². The monoisotopic (exact) mass is 430 g/mol. The summed E-state index contributed by atoms with van der Waals surface area (Å²) in [6, 6.07) is 6.08. The number of carbonyl (C=O) groups is 2. The fourth-order valence-electron chi connectivity index (χ4n) is 5.12. The number of methoxy groups -OCH3 is 1. The SMILES string of the molecule is CO[C@@H]1[C@H](OC(=O)c2ccccc2C(=O)O)CC[C@]2(CO2)[C@H]1[C@@]1(C)O[C@@H]1CC=C(C)C. The lowest BCUT2D eigenvalue weighted by molar-refractivity contribution is -0.120. The number of aromatic carboxylic acids is 1. The molecule has 0 amide bonds. The van der Waals surface area contributed by atoms with Gasteiger partial charge in [0.25, 0.3) is 0 Å². The van der Waals surface area contributed by atoms with Crippen LogP contribution >= 0.6 is 0 Å². The van der Waals surface area contributed by atoms with Crippen molar-refractivity contribution in [1.29, 1.82) is 0 Å². The van der Waals surface area contributed by atoms with Crippen LogP contribution in [0, 0.1) is 5.92 Å². The van der Waals surface area contributed by atoms with Gasteiger partial charge in [0, 0.05) is 7.11 Å². The third kappa shape index (κ3) is 4.02. The van der Waals surface area contributed by atoms with Gasteiger partial charge in [-0.05, 0) is 52.2 Å². The molecule has 4 rings (SSSR count). The number of benzene rings is 1. The van der Waals surface area contributed by atoms with E-state index in [1.807, 2.05) is 0 Å². The van der Waals surface area contributed by atoms with Crippen molar-refractivity contribution in [3.05, 3.63) is 47.0 Å². The summed E-state index contributed by atoms with van der Waals surface area (Å²) in [4.78, 5) is 24.4. The van der Waals surface area contributed by atoms with Gasteiger partial charge in [0.15, 0.2) is 0 Å². The second kappa shape index (κ2) is 8.04. The fourth-order valence-corrected chi connectivity index (χ4v) is 5.12. The van der Waals surface area contributed by atoms with Gasteiger partial charge < -0.3 is 24.1 Å². The maximum Gasteiger partial charge on any atom is 0.339 e. The number of carboxylic acids is 1. The quantitative estimate of drug-likeness (QED) is 0.401. The van der Waals surface area contributed by atoms with Crippen LogP contribution in [-0.4, -0.2) is 60.3 Å². The molecule has 0 radical (unpaired) electrons. The lowest BCUT2D eigenvalue weighted by Gasteiger charge is -2.42. The highest BCUT2D eigenvalue weighted by Crippen LogP contribution is 2.59. The second-order valence-electron chi connectivity index (χ2n) is 9.17. The minimum atomic E-state index is -1.16. The zero-order chi connectivity index (χ0) is 22.4. The summed E-state index contributed by atoms with van der Waals surface area (Å²) in [7, 11) is 1.61. The molecular weight excluding hydrogens is 400 g/mol. The first-order chi connectivity index (χ1) is 14.7. The number of epoxide rings is 2. The number of hydrogen-bond donors (Lipinski definition) is 1. The first-order valence-electron chi connectivity index (χ1n) is 10.7. The molecule has 1 aromatic carbocycles. The Hall–Kier alpha value is -2.22. The Bertz CT molecular complexity index is 899. The minimum absolute atomic E-state index is 0.0414. The zero-order valence-electron chi connectivity index (χ0n) is 18.4. The van der Waals surface area contributed by atoms with Crippen LogP contribution in [0.25, 0.3) is 0 Å². The molecule has 0 aromatic heterocycles. The molecule has 0 unspecified atom stereocenters. The number of hydrogen-bond acceptors (Lipinski definition) is 6. The summed E-state index contributed by atoms with van der Waals surface area (Å²) in [5.74, 6) is -1.90. The summed E-state index contributed by atoms with van der Waals surface area (Å²) >= 11 is 0. The van der Waals surface area contributed by atoms with Gasteiger partial charge in [-0.25, -0.2) is 9.59 Å². The van der Waals surface area contributed by atoms with Crippen LogP contribution in [-0.2, 0) is 18.9 Å². The normalized spacial score (nSPS) is 36.0. The maximum atomic E-state index is 12.9. The van der Waals surface area contributed by atoms with Gasteiger partial charge in [-0.1, -0.05) is 23.8 Å². The summed E-state index contributed by atoms with van der Waals surface area (Å²) in [6.45, 7) is 6.86. The van der Waals surface area contributed by atoms with E-state index in [9.17, 15) is 14.7 Å². The topological polar surface area (TPSA) is 97.9 Å². The summed E-state index contributed by atoms with van der Waals surface area (Å²) in [6.07, 6.45) is 3.46. The van der Waals surface area contributed by atoms with E-state index in [4.69, 9.17) is 18.9 Å². The van der Waals surface area contributed by atoms with Crippen molar-refractivity contribution in [2.24, 2.45) is 5.92 Å². The van der Waals surface area contributed by atoms with Crippen molar-refractivity contribution in [3.8, 4) is 0 Å². The molecule has 1 spiro atoms. The summed E-state index contributed by atoms with van der Waals surface area (Å²) < 4.78 is 23.8. The molecule has 168 valence electrons. The molecular formula is C24H30O7. The largest absolute Gasteiger partial charge is 0.478 e. The number of carboxylic acid groups (broad SMARTS) is 1. The van der Waals surface area contributed by atoms with E-state index in [0.29, 0.717) is 13.0 Å². The van der Waals surface area contributed by atoms with Gasteiger partial charge in [-0.3, -0.25) is 0 Å². The first-order valence-corrected chi connectivity index (χ1v) is 10.7. The van der Waals surface area contributed by atoms with E-state index in [1.54, 1.807) is 19.2 Å². The second-order valence-corrected chi connectivity index (χ2v) is 9.17. The van der Waals surface area contributed by atoms with Crippen LogP contribution < -0.4 is 0 Å². The highest BCUT2D eigenvalue weighted by Gasteiger charge is 2.72. The van der Waals surface area contributed by atoms with Gasteiger partial charge in [-0.15, -0.1) is 0 Å². The molecule has 31 heavy (non-hydrogen) atoms. The molecule has 3 fully saturated rings. The van der Waals surface area contributed by atoms with E-state index < -0.39 is 29.7 Å². The molecule has 1 aliphatic carbocycles. The number of carbonyl (C=O) groups excluding carboxylic acids is 1. The first kappa shape index (κ1) is 22.0. The van der Waals surface area contributed by atoms with Crippen molar-refractivity contribution in [3.63, 3.8) is 0 Å². The highest BCUT2D eigenvalue weighted by molar-refractivity contribution is 6.02. The number of esters is 1. The Morgan fingerprint density at radius 2 is 1.94 bits per heavy atom. The molecule has 0 bridgehead atoms. The van der Waals surface area contributed by atoms with Crippen LogP contribution in [0.5, 0.6) is 0 Å². The van der Waals surface area contributed by atoms with E-state index in [1.165, 1.54) is 17.7 Å². The predicted octanol–water partition coefficient (Wildman–Crippen LogP) is 3.62. The third-order valence-electron chi connectivity index (χ3n) is 6.87. The minimum Gasteiger partial charge on any atom is -0.478 e. The highest BCUT2D eigenvalue weighted by atomic mass is 16.6. The Morgan fingerprint density at radius 1 is 1.26 bits per heavy atom.